The van der Waals surface area contributed by atoms with E-state index in [2.05, 4.69) is 21.0 Å². The van der Waals surface area contributed by atoms with E-state index in [0.717, 1.165) is 21.4 Å². The van der Waals surface area contributed by atoms with Gasteiger partial charge in [0.2, 0.25) is 0 Å². The molecule has 1 N–H and O–H groups in total. The van der Waals surface area contributed by atoms with Crippen LogP contribution in [0, 0.1) is 6.92 Å². The van der Waals surface area contributed by atoms with Crippen molar-refractivity contribution in [2.24, 2.45) is 7.05 Å². The van der Waals surface area contributed by atoms with Crippen molar-refractivity contribution in [1.82, 2.24) is 9.78 Å². The number of halogens is 1. The number of hydrogen-bond donors (Lipinski definition) is 1. The number of rotatable bonds is 4. The molecule has 0 radical (unpaired) electrons. The maximum Gasteiger partial charge on any atom is 0.0949 e. The highest BCUT2D eigenvalue weighted by Crippen LogP contribution is 2.32. The summed E-state index contributed by atoms with van der Waals surface area (Å²) in [6.07, 6.45) is 1.21. The first-order valence-corrected chi connectivity index (χ1v) is 7.23. The Balaban J connectivity index is 2.39. The molecule has 0 bridgehead atoms. The first kappa shape index (κ1) is 14.3. The maximum absolute atomic E-state index is 10.9. The van der Waals surface area contributed by atoms with E-state index in [0.29, 0.717) is 12.8 Å². The minimum absolute atomic E-state index is 0.547. The molecule has 3 nitrogen and oxygen atoms in total. The van der Waals surface area contributed by atoms with Crippen molar-refractivity contribution in [2.75, 3.05) is 0 Å². The van der Waals surface area contributed by atoms with Gasteiger partial charge in [-0.3, -0.25) is 4.68 Å². The molecule has 1 aromatic carbocycles. The number of benzene rings is 1. The molecule has 0 aliphatic carbocycles. The maximum atomic E-state index is 10.9. The van der Waals surface area contributed by atoms with Gasteiger partial charge in [0.15, 0.2) is 0 Å². The van der Waals surface area contributed by atoms with E-state index in [9.17, 15) is 5.11 Å². The van der Waals surface area contributed by atoms with Crippen molar-refractivity contribution in [2.45, 2.75) is 32.3 Å². The van der Waals surface area contributed by atoms with Gasteiger partial charge in [-0.25, -0.2) is 0 Å². The molecule has 102 valence electrons. The quantitative estimate of drug-likeness (QED) is 0.937. The average molecular weight is 323 g/mol. The smallest absolute Gasteiger partial charge is 0.0949 e. The third-order valence-corrected chi connectivity index (χ3v) is 4.65. The van der Waals surface area contributed by atoms with Crippen LogP contribution in [0.5, 0.6) is 0 Å². The van der Waals surface area contributed by atoms with E-state index >= 15 is 0 Å². The molecule has 0 amide bonds. The fourth-order valence-corrected chi connectivity index (χ4v) is 2.80. The minimum Gasteiger partial charge on any atom is -0.385 e. The zero-order valence-corrected chi connectivity index (χ0v) is 13.1. The Kier molecular flexibility index (Phi) is 4.11. The van der Waals surface area contributed by atoms with Crippen LogP contribution in [0.3, 0.4) is 0 Å². The van der Waals surface area contributed by atoms with Gasteiger partial charge < -0.3 is 5.11 Å². The van der Waals surface area contributed by atoms with E-state index in [-0.39, 0.29) is 0 Å². The molecule has 1 unspecified atom stereocenters. The summed E-state index contributed by atoms with van der Waals surface area (Å²) in [5.41, 5.74) is 2.06. The van der Waals surface area contributed by atoms with Crippen molar-refractivity contribution in [3.05, 3.63) is 51.8 Å². The van der Waals surface area contributed by atoms with E-state index in [1.165, 1.54) is 0 Å². The van der Waals surface area contributed by atoms with Crippen LogP contribution in [0.15, 0.2) is 34.8 Å². The number of aliphatic hydroxyl groups is 1. The summed E-state index contributed by atoms with van der Waals surface area (Å²) in [5, 5.41) is 15.3. The monoisotopic (exact) mass is 322 g/mol. The van der Waals surface area contributed by atoms with Gasteiger partial charge in [-0.15, -0.1) is 0 Å². The van der Waals surface area contributed by atoms with Crippen LogP contribution in [-0.2, 0) is 19.1 Å². The van der Waals surface area contributed by atoms with Crippen molar-refractivity contribution in [3.8, 4) is 0 Å². The molecule has 2 aromatic rings. The Morgan fingerprint density at radius 2 is 1.95 bits per heavy atom. The first-order valence-electron chi connectivity index (χ1n) is 6.44. The highest BCUT2D eigenvalue weighted by molar-refractivity contribution is 9.10. The second kappa shape index (κ2) is 5.47. The Hall–Kier alpha value is -1.13. The summed E-state index contributed by atoms with van der Waals surface area (Å²) in [4.78, 5) is 0. The highest BCUT2D eigenvalue weighted by atomic mass is 79.9. The predicted octanol–water partition coefficient (Wildman–Crippen LogP) is 3.33. The SMILES string of the molecule is CCC(O)(Cc1c(Br)c(C)nn1C)c1ccccc1. The van der Waals surface area contributed by atoms with Crippen LogP contribution < -0.4 is 0 Å². The molecule has 1 atom stereocenters. The van der Waals surface area contributed by atoms with Gasteiger partial charge >= 0.3 is 0 Å². The first-order chi connectivity index (χ1) is 8.98. The second-order valence-electron chi connectivity index (χ2n) is 4.90. The van der Waals surface area contributed by atoms with Crippen molar-refractivity contribution < 1.29 is 5.11 Å². The minimum atomic E-state index is -0.857. The number of aromatic nitrogens is 2. The fraction of sp³-hybridized carbons (Fsp3) is 0.400. The summed E-state index contributed by atoms with van der Waals surface area (Å²) in [7, 11) is 1.91. The standard InChI is InChI=1S/C15H19BrN2O/c1-4-15(19,12-8-6-5-7-9-12)10-13-14(16)11(2)17-18(13)3/h5-9,19H,4,10H2,1-3H3. The lowest BCUT2D eigenvalue weighted by molar-refractivity contribution is 0.0307. The zero-order valence-electron chi connectivity index (χ0n) is 11.5. The highest BCUT2D eigenvalue weighted by Gasteiger charge is 2.30. The van der Waals surface area contributed by atoms with Gasteiger partial charge in [0.25, 0.3) is 0 Å². The van der Waals surface area contributed by atoms with Gasteiger partial charge in [-0.1, -0.05) is 37.3 Å². The molecular weight excluding hydrogens is 304 g/mol. The Morgan fingerprint density at radius 1 is 1.32 bits per heavy atom. The van der Waals surface area contributed by atoms with Crippen molar-refractivity contribution in [3.63, 3.8) is 0 Å². The normalized spacial score (nSPS) is 14.4. The molecule has 0 saturated carbocycles. The average Bonchev–Trinajstić information content (AvgIpc) is 2.66. The topological polar surface area (TPSA) is 38.1 Å². The summed E-state index contributed by atoms with van der Waals surface area (Å²) < 4.78 is 2.82. The lowest BCUT2D eigenvalue weighted by Crippen LogP contribution is -2.28. The van der Waals surface area contributed by atoms with Crippen LogP contribution in [0.1, 0.15) is 30.3 Å². The third-order valence-electron chi connectivity index (χ3n) is 3.62. The molecule has 0 spiro atoms. The summed E-state index contributed by atoms with van der Waals surface area (Å²) in [6, 6.07) is 9.82. The third kappa shape index (κ3) is 2.74. The van der Waals surface area contributed by atoms with Gasteiger partial charge in [0, 0.05) is 13.5 Å². The zero-order chi connectivity index (χ0) is 14.0. The molecule has 1 aromatic heterocycles. The molecule has 0 aliphatic rings. The summed E-state index contributed by atoms with van der Waals surface area (Å²) >= 11 is 3.56. The number of nitrogens with zero attached hydrogens (tertiary/aromatic N) is 2. The fourth-order valence-electron chi connectivity index (χ4n) is 2.33. The van der Waals surface area contributed by atoms with Crippen LogP contribution in [0.4, 0.5) is 0 Å². The van der Waals surface area contributed by atoms with Gasteiger partial charge in [-0.2, -0.15) is 5.10 Å². The number of aryl methyl sites for hydroxylation is 2. The molecule has 19 heavy (non-hydrogen) atoms. The molecule has 0 saturated heterocycles. The molecule has 0 aliphatic heterocycles. The van der Waals surface area contributed by atoms with E-state index < -0.39 is 5.60 Å². The van der Waals surface area contributed by atoms with E-state index in [1.54, 1.807) is 0 Å². The van der Waals surface area contributed by atoms with Crippen LogP contribution in [0.2, 0.25) is 0 Å². The lowest BCUT2D eigenvalue weighted by Gasteiger charge is -2.27. The van der Waals surface area contributed by atoms with Gasteiger partial charge in [0.05, 0.1) is 21.5 Å². The Morgan fingerprint density at radius 3 is 2.42 bits per heavy atom. The summed E-state index contributed by atoms with van der Waals surface area (Å²) in [5.74, 6) is 0. The van der Waals surface area contributed by atoms with Crippen molar-refractivity contribution >= 4 is 15.9 Å². The van der Waals surface area contributed by atoms with Crippen molar-refractivity contribution in [1.29, 1.82) is 0 Å². The second-order valence-corrected chi connectivity index (χ2v) is 5.69. The molecule has 1 heterocycles. The van der Waals surface area contributed by atoms with Gasteiger partial charge in [0.1, 0.15) is 0 Å². The lowest BCUT2D eigenvalue weighted by atomic mass is 9.86. The van der Waals surface area contributed by atoms with E-state index in [4.69, 9.17) is 0 Å². The molecule has 4 heteroatoms. The van der Waals surface area contributed by atoms with Crippen LogP contribution in [-0.4, -0.2) is 14.9 Å². The number of hydrogen-bond acceptors (Lipinski definition) is 2. The van der Waals surface area contributed by atoms with E-state index in [1.807, 2.05) is 55.9 Å². The predicted molar refractivity (Wildman–Crippen MR) is 80.0 cm³/mol. The molecular formula is C15H19BrN2O. The molecule has 0 fully saturated rings. The Bertz CT molecular complexity index is 565. The Labute approximate surface area is 122 Å². The molecule has 2 rings (SSSR count). The largest absolute Gasteiger partial charge is 0.385 e. The van der Waals surface area contributed by atoms with Crippen LogP contribution in [0.25, 0.3) is 0 Å². The summed E-state index contributed by atoms with van der Waals surface area (Å²) in [6.45, 7) is 3.96. The van der Waals surface area contributed by atoms with Crippen LogP contribution >= 0.6 is 15.9 Å². The van der Waals surface area contributed by atoms with Gasteiger partial charge in [-0.05, 0) is 34.8 Å².